The molecule has 0 bridgehead atoms. The summed E-state index contributed by atoms with van der Waals surface area (Å²) in [6.45, 7) is 0. The van der Waals surface area contributed by atoms with Gasteiger partial charge in [0.15, 0.2) is 0 Å². The molecule has 0 amide bonds. The molecule has 2 rings (SSSR count). The molecule has 0 spiro atoms. The summed E-state index contributed by atoms with van der Waals surface area (Å²) in [5.41, 5.74) is 2.43. The summed E-state index contributed by atoms with van der Waals surface area (Å²) in [5.74, 6) is -0.979. The number of hydrogen-bond donors (Lipinski definition) is 1. The van der Waals surface area contributed by atoms with Crippen LogP contribution in [0, 0.1) is 5.92 Å². The van der Waals surface area contributed by atoms with Crippen molar-refractivity contribution in [3.63, 3.8) is 0 Å². The first-order valence-electron chi connectivity index (χ1n) is 8.24. The van der Waals surface area contributed by atoms with Crippen molar-refractivity contribution < 1.29 is 9.90 Å². The molecule has 0 heterocycles. The molecule has 0 aromatic heterocycles. The lowest BCUT2D eigenvalue weighted by Crippen LogP contribution is -2.12. The van der Waals surface area contributed by atoms with Crippen molar-refractivity contribution in [2.75, 3.05) is 0 Å². The zero-order chi connectivity index (χ0) is 16.3. The van der Waals surface area contributed by atoms with Crippen LogP contribution in [0.5, 0.6) is 0 Å². The Morgan fingerprint density at radius 2 is 1.61 bits per heavy atom. The first kappa shape index (κ1) is 17.0. The first-order chi connectivity index (χ1) is 11.3. The summed E-state index contributed by atoms with van der Waals surface area (Å²) < 4.78 is 0. The third-order valence-corrected chi connectivity index (χ3v) is 3.99. The molecule has 1 atom stereocenters. The van der Waals surface area contributed by atoms with Gasteiger partial charge in [0.25, 0.3) is 0 Å². The maximum atomic E-state index is 11.4. The second-order valence-electron chi connectivity index (χ2n) is 5.82. The highest BCUT2D eigenvalue weighted by Gasteiger charge is 2.15. The number of carbonyl (C=O) groups is 1. The molecule has 2 heteroatoms. The molecule has 0 radical (unpaired) electrons. The van der Waals surface area contributed by atoms with Gasteiger partial charge in [0.2, 0.25) is 0 Å². The van der Waals surface area contributed by atoms with Crippen LogP contribution in [0.15, 0.2) is 66.7 Å². The zero-order valence-electron chi connectivity index (χ0n) is 13.4. The molecule has 0 fully saturated rings. The number of rotatable bonds is 9. The van der Waals surface area contributed by atoms with E-state index >= 15 is 0 Å². The third-order valence-electron chi connectivity index (χ3n) is 3.99. The fraction of sp³-hybridized carbons (Fsp3) is 0.286. The topological polar surface area (TPSA) is 37.3 Å². The summed E-state index contributed by atoms with van der Waals surface area (Å²) in [4.78, 5) is 11.4. The average molecular weight is 308 g/mol. The number of carboxylic acids is 1. The second kappa shape index (κ2) is 9.62. The van der Waals surface area contributed by atoms with E-state index in [-0.39, 0.29) is 5.92 Å². The molecule has 2 nitrogen and oxygen atoms in total. The van der Waals surface area contributed by atoms with Gasteiger partial charge in [0.05, 0.1) is 5.92 Å². The van der Waals surface area contributed by atoms with Gasteiger partial charge in [-0.05, 0) is 36.8 Å². The van der Waals surface area contributed by atoms with Crippen LogP contribution in [0.4, 0.5) is 0 Å². The van der Waals surface area contributed by atoms with E-state index in [1.165, 1.54) is 5.56 Å². The zero-order valence-corrected chi connectivity index (χ0v) is 13.4. The van der Waals surface area contributed by atoms with Crippen LogP contribution in [-0.4, -0.2) is 11.1 Å². The van der Waals surface area contributed by atoms with Crippen molar-refractivity contribution in [3.8, 4) is 0 Å². The maximum absolute atomic E-state index is 11.4. The predicted molar refractivity (Wildman–Crippen MR) is 95.2 cm³/mol. The van der Waals surface area contributed by atoms with Crippen molar-refractivity contribution in [1.82, 2.24) is 0 Å². The Kier molecular flexibility index (Phi) is 7.12. The summed E-state index contributed by atoms with van der Waals surface area (Å²) >= 11 is 0. The van der Waals surface area contributed by atoms with Crippen LogP contribution >= 0.6 is 0 Å². The lowest BCUT2D eigenvalue weighted by Gasteiger charge is -2.09. The molecule has 2 aromatic carbocycles. The molecule has 2 aromatic rings. The van der Waals surface area contributed by atoms with E-state index in [9.17, 15) is 9.90 Å². The largest absolute Gasteiger partial charge is 0.481 e. The standard InChI is InChI=1S/C21H24O2/c22-21(23)20(17-9-15-19-12-5-2-6-13-19)16-8-7-14-18-10-3-1-4-11-18/h1-6,9-13,15,20H,7-8,14,16-17H2,(H,22,23)/t20-/m1/s1. The van der Waals surface area contributed by atoms with E-state index < -0.39 is 5.97 Å². The van der Waals surface area contributed by atoms with E-state index in [1.54, 1.807) is 0 Å². The van der Waals surface area contributed by atoms with Crippen LogP contribution in [0.3, 0.4) is 0 Å². The Balaban J connectivity index is 1.73. The molecule has 120 valence electrons. The van der Waals surface area contributed by atoms with Crippen molar-refractivity contribution in [2.24, 2.45) is 5.92 Å². The molecule has 0 saturated heterocycles. The fourth-order valence-electron chi connectivity index (χ4n) is 2.64. The highest BCUT2D eigenvalue weighted by atomic mass is 16.4. The molecule has 0 aliphatic rings. The van der Waals surface area contributed by atoms with Crippen molar-refractivity contribution >= 4 is 12.0 Å². The monoisotopic (exact) mass is 308 g/mol. The van der Waals surface area contributed by atoms with Crippen LogP contribution in [0.1, 0.15) is 36.8 Å². The Morgan fingerprint density at radius 3 is 2.26 bits per heavy atom. The lowest BCUT2D eigenvalue weighted by atomic mass is 9.96. The quantitative estimate of drug-likeness (QED) is 0.646. The minimum absolute atomic E-state index is 0.286. The number of aliphatic carboxylic acids is 1. The highest BCUT2D eigenvalue weighted by Crippen LogP contribution is 2.16. The Labute approximate surface area is 138 Å². The molecule has 1 N–H and O–H groups in total. The van der Waals surface area contributed by atoms with E-state index in [1.807, 2.05) is 60.7 Å². The van der Waals surface area contributed by atoms with E-state index in [2.05, 4.69) is 12.1 Å². The average Bonchev–Trinajstić information content (AvgIpc) is 2.58. The van der Waals surface area contributed by atoms with Gasteiger partial charge in [-0.15, -0.1) is 0 Å². The van der Waals surface area contributed by atoms with Gasteiger partial charge in [-0.2, -0.15) is 0 Å². The lowest BCUT2D eigenvalue weighted by molar-refractivity contribution is -0.141. The normalized spacial score (nSPS) is 12.3. The molecule has 0 saturated carbocycles. The van der Waals surface area contributed by atoms with Crippen LogP contribution in [-0.2, 0) is 11.2 Å². The summed E-state index contributed by atoms with van der Waals surface area (Å²) in [6, 6.07) is 20.3. The fourth-order valence-corrected chi connectivity index (χ4v) is 2.64. The van der Waals surface area contributed by atoms with E-state index in [0.717, 1.165) is 31.2 Å². The number of carboxylic acid groups (broad SMARTS) is 1. The third kappa shape index (κ3) is 6.52. The van der Waals surface area contributed by atoms with Crippen LogP contribution in [0.2, 0.25) is 0 Å². The number of hydrogen-bond acceptors (Lipinski definition) is 1. The predicted octanol–water partition coefficient (Wildman–Crippen LogP) is 5.20. The molecular weight excluding hydrogens is 284 g/mol. The Bertz CT molecular complexity index is 602. The number of benzene rings is 2. The van der Waals surface area contributed by atoms with Crippen molar-refractivity contribution in [2.45, 2.75) is 32.1 Å². The van der Waals surface area contributed by atoms with Gasteiger partial charge in [-0.1, -0.05) is 79.2 Å². The van der Waals surface area contributed by atoms with Gasteiger partial charge in [0.1, 0.15) is 0 Å². The van der Waals surface area contributed by atoms with E-state index in [4.69, 9.17) is 0 Å². The van der Waals surface area contributed by atoms with Gasteiger partial charge in [0, 0.05) is 0 Å². The first-order valence-corrected chi connectivity index (χ1v) is 8.24. The summed E-state index contributed by atoms with van der Waals surface area (Å²) in [7, 11) is 0. The van der Waals surface area contributed by atoms with E-state index in [0.29, 0.717) is 6.42 Å². The maximum Gasteiger partial charge on any atom is 0.306 e. The molecule has 0 unspecified atom stereocenters. The Hall–Kier alpha value is -2.35. The van der Waals surface area contributed by atoms with Crippen LogP contribution < -0.4 is 0 Å². The number of allylic oxidation sites excluding steroid dienone is 1. The second-order valence-corrected chi connectivity index (χ2v) is 5.82. The van der Waals surface area contributed by atoms with Gasteiger partial charge in [-0.3, -0.25) is 4.79 Å². The summed E-state index contributed by atoms with van der Waals surface area (Å²) in [5, 5.41) is 9.35. The van der Waals surface area contributed by atoms with Crippen LogP contribution in [0.25, 0.3) is 6.08 Å². The molecule has 0 aliphatic carbocycles. The van der Waals surface area contributed by atoms with Gasteiger partial charge >= 0.3 is 5.97 Å². The Morgan fingerprint density at radius 1 is 0.957 bits per heavy atom. The minimum Gasteiger partial charge on any atom is -0.481 e. The molecule has 0 aliphatic heterocycles. The van der Waals surface area contributed by atoms with Gasteiger partial charge in [-0.25, -0.2) is 0 Å². The van der Waals surface area contributed by atoms with Gasteiger partial charge < -0.3 is 5.11 Å². The van der Waals surface area contributed by atoms with Crippen molar-refractivity contribution in [3.05, 3.63) is 77.9 Å². The molecule has 23 heavy (non-hydrogen) atoms. The number of unbranched alkanes of at least 4 members (excludes halogenated alkanes) is 1. The minimum atomic E-state index is -0.692. The highest BCUT2D eigenvalue weighted by molar-refractivity contribution is 5.70. The summed E-state index contributed by atoms with van der Waals surface area (Å²) in [6.07, 6.45) is 8.32. The SMILES string of the molecule is O=C(O)[C@@H](CC=Cc1ccccc1)CCCCc1ccccc1. The number of aryl methyl sites for hydroxylation is 1. The smallest absolute Gasteiger partial charge is 0.306 e. The van der Waals surface area contributed by atoms with Crippen molar-refractivity contribution in [1.29, 1.82) is 0 Å². The molecular formula is C21H24O2.